The number of rotatable bonds is 4. The molecule has 8 nitrogen and oxygen atoms in total. The number of hydroxylamine groups is 1. The van der Waals surface area contributed by atoms with Gasteiger partial charge >= 0.3 is 0 Å². The Morgan fingerprint density at radius 2 is 1.68 bits per heavy atom. The van der Waals surface area contributed by atoms with E-state index in [2.05, 4.69) is 0 Å². The molecule has 0 unspecified atom stereocenters. The van der Waals surface area contributed by atoms with E-state index in [1.807, 2.05) is 0 Å². The molecular weight excluding hydrogens is 488 g/mol. The number of non-ortho nitro benzene ring substituents is 1. The molecule has 0 N–H and O–H groups in total. The fourth-order valence-corrected chi connectivity index (χ4v) is 4.80. The van der Waals surface area contributed by atoms with Gasteiger partial charge in [0, 0.05) is 22.2 Å². The molecule has 0 saturated carbocycles. The van der Waals surface area contributed by atoms with Crippen LogP contribution in [0.15, 0.2) is 66.7 Å². The minimum absolute atomic E-state index is 0.190. The van der Waals surface area contributed by atoms with Crippen LogP contribution in [-0.2, 0) is 14.4 Å². The average Bonchev–Trinajstić information content (AvgIpc) is 3.31. The molecule has 0 aromatic heterocycles. The van der Waals surface area contributed by atoms with Crippen molar-refractivity contribution in [2.24, 2.45) is 5.92 Å². The monoisotopic (exact) mass is 501 g/mol. The van der Waals surface area contributed by atoms with Gasteiger partial charge in [0.1, 0.15) is 11.7 Å². The van der Waals surface area contributed by atoms with E-state index in [9.17, 15) is 24.1 Å². The summed E-state index contributed by atoms with van der Waals surface area (Å²) in [6, 6.07) is 14.4. The van der Waals surface area contributed by atoms with Crippen LogP contribution in [0.1, 0.15) is 11.6 Å². The first kappa shape index (κ1) is 22.3. The molecular formula is C23H14Cl2FN3O5. The lowest BCUT2D eigenvalue weighted by Gasteiger charge is -2.29. The van der Waals surface area contributed by atoms with Gasteiger partial charge < -0.3 is 0 Å². The molecule has 0 bridgehead atoms. The summed E-state index contributed by atoms with van der Waals surface area (Å²) in [6.07, 6.45) is -1.21. The first-order valence-corrected chi connectivity index (χ1v) is 10.8. The van der Waals surface area contributed by atoms with Gasteiger partial charge in [0.15, 0.2) is 6.10 Å². The van der Waals surface area contributed by atoms with Crippen molar-refractivity contribution < 1.29 is 23.7 Å². The van der Waals surface area contributed by atoms with Crippen LogP contribution in [0.5, 0.6) is 0 Å². The zero-order valence-electron chi connectivity index (χ0n) is 17.1. The largest absolute Gasteiger partial charge is 0.273 e. The number of nitro groups is 1. The second kappa shape index (κ2) is 8.35. The lowest BCUT2D eigenvalue weighted by atomic mass is 9.90. The minimum Gasteiger partial charge on any atom is -0.273 e. The molecule has 0 radical (unpaired) electrons. The van der Waals surface area contributed by atoms with Gasteiger partial charge in [-0.15, -0.1) is 0 Å². The summed E-state index contributed by atoms with van der Waals surface area (Å²) in [4.78, 5) is 44.4. The first-order valence-electron chi connectivity index (χ1n) is 10.0. The van der Waals surface area contributed by atoms with Gasteiger partial charge in [-0.2, -0.15) is 0 Å². The van der Waals surface area contributed by atoms with Crippen molar-refractivity contribution in [3.8, 4) is 0 Å². The molecule has 2 aliphatic heterocycles. The van der Waals surface area contributed by atoms with Gasteiger partial charge in [0.2, 0.25) is 5.91 Å². The summed E-state index contributed by atoms with van der Waals surface area (Å²) in [7, 11) is 0. The molecule has 0 spiro atoms. The summed E-state index contributed by atoms with van der Waals surface area (Å²) in [5.74, 6) is -2.73. The van der Waals surface area contributed by atoms with Gasteiger partial charge in [-0.3, -0.25) is 24.5 Å². The lowest BCUT2D eigenvalue weighted by Crippen LogP contribution is -2.37. The lowest BCUT2D eigenvalue weighted by molar-refractivity contribution is -0.384. The summed E-state index contributed by atoms with van der Waals surface area (Å²) in [5, 5.41) is 13.2. The number of halogens is 3. The van der Waals surface area contributed by atoms with Crippen LogP contribution in [0, 0.1) is 21.8 Å². The zero-order chi connectivity index (χ0) is 24.1. The quantitative estimate of drug-likeness (QED) is 0.280. The number of carbonyl (C=O) groups excluding carboxylic acids is 2. The molecule has 3 aromatic carbocycles. The Bertz CT molecular complexity index is 1340. The van der Waals surface area contributed by atoms with Gasteiger partial charge in [0.25, 0.3) is 11.6 Å². The number of carbonyl (C=O) groups is 2. The van der Waals surface area contributed by atoms with Crippen molar-refractivity contribution in [3.63, 3.8) is 0 Å². The predicted octanol–water partition coefficient (Wildman–Crippen LogP) is 5.09. The molecule has 2 fully saturated rings. The third-order valence-corrected chi connectivity index (χ3v) is 6.34. The normalized spacial score (nSPS) is 21.8. The van der Waals surface area contributed by atoms with Crippen LogP contribution in [0.4, 0.5) is 21.5 Å². The van der Waals surface area contributed by atoms with Crippen molar-refractivity contribution in [1.82, 2.24) is 0 Å². The molecule has 2 aliphatic rings. The summed E-state index contributed by atoms with van der Waals surface area (Å²) < 4.78 is 13.4. The van der Waals surface area contributed by atoms with Crippen LogP contribution in [0.3, 0.4) is 0 Å². The number of nitrogens with zero attached hydrogens (tertiary/aromatic N) is 3. The number of amides is 2. The maximum Gasteiger partial charge on any atom is 0.271 e. The van der Waals surface area contributed by atoms with E-state index in [0.717, 1.165) is 17.0 Å². The summed E-state index contributed by atoms with van der Waals surface area (Å²) in [6.45, 7) is 0. The molecule has 0 aliphatic carbocycles. The second-order valence-electron chi connectivity index (χ2n) is 7.75. The maximum absolute atomic E-state index is 13.5. The molecule has 3 atom stereocenters. The van der Waals surface area contributed by atoms with Crippen LogP contribution in [0.2, 0.25) is 10.0 Å². The number of hydrogen-bond donors (Lipinski definition) is 0. The average molecular weight is 502 g/mol. The van der Waals surface area contributed by atoms with E-state index in [-0.39, 0.29) is 22.1 Å². The zero-order valence-corrected chi connectivity index (χ0v) is 18.6. The van der Waals surface area contributed by atoms with Crippen LogP contribution < -0.4 is 9.96 Å². The summed E-state index contributed by atoms with van der Waals surface area (Å²) >= 11 is 12.5. The Kier molecular flexibility index (Phi) is 5.47. The number of anilines is 2. The molecule has 11 heteroatoms. The molecule has 2 saturated heterocycles. The van der Waals surface area contributed by atoms with Gasteiger partial charge in [-0.1, -0.05) is 35.3 Å². The SMILES string of the molecule is O=C1[C@@H]2[C@@H](ON(c3cccc([N+](=O)[O-])c3)[C@H]2c2ccc(Cl)cc2Cl)C(=O)N1c1ccc(F)cc1. The highest BCUT2D eigenvalue weighted by Gasteiger charge is 2.60. The van der Waals surface area contributed by atoms with Crippen molar-refractivity contribution in [2.45, 2.75) is 12.1 Å². The van der Waals surface area contributed by atoms with Crippen LogP contribution in [-0.4, -0.2) is 22.8 Å². The van der Waals surface area contributed by atoms with E-state index in [1.54, 1.807) is 18.2 Å². The van der Waals surface area contributed by atoms with E-state index in [1.165, 1.54) is 41.5 Å². The highest BCUT2D eigenvalue weighted by atomic mass is 35.5. The van der Waals surface area contributed by atoms with E-state index in [4.69, 9.17) is 28.0 Å². The van der Waals surface area contributed by atoms with Gasteiger partial charge in [-0.25, -0.2) is 14.4 Å². The van der Waals surface area contributed by atoms with E-state index < -0.39 is 40.6 Å². The molecule has 34 heavy (non-hydrogen) atoms. The van der Waals surface area contributed by atoms with Crippen LogP contribution >= 0.6 is 23.2 Å². The Balaban J connectivity index is 1.62. The number of imide groups is 1. The molecule has 5 rings (SSSR count). The third kappa shape index (κ3) is 3.58. The maximum atomic E-state index is 13.5. The fourth-order valence-electron chi connectivity index (χ4n) is 4.28. The van der Waals surface area contributed by atoms with Crippen molar-refractivity contribution in [1.29, 1.82) is 0 Å². The first-order chi connectivity index (χ1) is 16.3. The van der Waals surface area contributed by atoms with Crippen molar-refractivity contribution in [3.05, 3.63) is 98.3 Å². The Morgan fingerprint density at radius 1 is 0.941 bits per heavy atom. The number of nitro benzene ring substituents is 1. The summed E-state index contributed by atoms with van der Waals surface area (Å²) in [5.41, 5.74) is 0.739. The minimum atomic E-state index is -1.21. The Hall–Kier alpha value is -3.53. The number of benzene rings is 3. The molecule has 2 amide bonds. The Labute approximate surface area is 202 Å². The second-order valence-corrected chi connectivity index (χ2v) is 8.60. The third-order valence-electron chi connectivity index (χ3n) is 5.78. The van der Waals surface area contributed by atoms with Crippen molar-refractivity contribution >= 4 is 52.1 Å². The van der Waals surface area contributed by atoms with E-state index >= 15 is 0 Å². The van der Waals surface area contributed by atoms with Crippen molar-refractivity contribution in [2.75, 3.05) is 9.96 Å². The van der Waals surface area contributed by atoms with E-state index in [0.29, 0.717) is 10.6 Å². The fraction of sp³-hybridized carbons (Fsp3) is 0.130. The van der Waals surface area contributed by atoms with Crippen LogP contribution in [0.25, 0.3) is 0 Å². The smallest absolute Gasteiger partial charge is 0.271 e. The van der Waals surface area contributed by atoms with Gasteiger partial charge in [-0.05, 0) is 48.0 Å². The topological polar surface area (TPSA) is 93.0 Å². The Morgan fingerprint density at radius 3 is 2.35 bits per heavy atom. The highest BCUT2D eigenvalue weighted by molar-refractivity contribution is 6.35. The molecule has 172 valence electrons. The highest BCUT2D eigenvalue weighted by Crippen LogP contribution is 2.49. The molecule has 2 heterocycles. The predicted molar refractivity (Wildman–Crippen MR) is 122 cm³/mol. The number of hydrogen-bond acceptors (Lipinski definition) is 6. The molecule has 3 aromatic rings. The number of fused-ring (bicyclic) bond motifs is 1. The standard InChI is InChI=1S/C23H14Cl2FN3O5/c24-12-4-9-17(18(25)10-12)20-19-21(34-28(20)15-2-1-3-16(11-15)29(32)33)23(31)27(22(19)30)14-7-5-13(26)6-8-14/h1-11,19-21H/t19-,20-,21+/m0/s1. The van der Waals surface area contributed by atoms with Gasteiger partial charge in [0.05, 0.1) is 22.3 Å².